The molecule has 2 aromatic rings. The van der Waals surface area contributed by atoms with E-state index in [1.807, 2.05) is 20.8 Å². The van der Waals surface area contributed by atoms with Crippen LogP contribution in [0.2, 0.25) is 0 Å². The van der Waals surface area contributed by atoms with Gasteiger partial charge in [-0.25, -0.2) is 4.98 Å². The number of hydrogen-bond acceptors (Lipinski definition) is 5. The largest absolute Gasteiger partial charge is 0.361 e. The van der Waals surface area contributed by atoms with E-state index in [2.05, 4.69) is 15.1 Å². The zero-order valence-electron chi connectivity index (χ0n) is 14.8. The second-order valence-corrected chi connectivity index (χ2v) is 6.25. The van der Waals surface area contributed by atoms with E-state index in [0.717, 1.165) is 23.5 Å². The van der Waals surface area contributed by atoms with Crippen LogP contribution in [-0.2, 0) is 17.6 Å². The summed E-state index contributed by atoms with van der Waals surface area (Å²) in [7, 11) is 0. The highest BCUT2D eigenvalue weighted by Crippen LogP contribution is 2.15. The maximum absolute atomic E-state index is 12.5. The number of amides is 2. The van der Waals surface area contributed by atoms with Crippen LogP contribution in [0.4, 0.5) is 0 Å². The van der Waals surface area contributed by atoms with E-state index >= 15 is 0 Å². The van der Waals surface area contributed by atoms with Crippen LogP contribution in [-0.4, -0.2) is 62.9 Å². The van der Waals surface area contributed by atoms with E-state index in [0.29, 0.717) is 37.6 Å². The van der Waals surface area contributed by atoms with Crippen molar-refractivity contribution in [1.82, 2.24) is 24.9 Å². The molecule has 25 heavy (non-hydrogen) atoms. The molecule has 1 saturated heterocycles. The molecule has 0 saturated carbocycles. The average Bonchev–Trinajstić information content (AvgIpc) is 3.23. The SMILES string of the molecule is CCc1ncc(C(=O)N2CCN(C(=O)Cc3c(C)noc3C)CC2)[nH]1. The zero-order valence-corrected chi connectivity index (χ0v) is 14.8. The highest BCUT2D eigenvalue weighted by atomic mass is 16.5. The molecule has 1 fully saturated rings. The van der Waals surface area contributed by atoms with Crippen molar-refractivity contribution in [2.45, 2.75) is 33.6 Å². The topological polar surface area (TPSA) is 95.3 Å². The fourth-order valence-corrected chi connectivity index (χ4v) is 3.00. The third-order valence-corrected chi connectivity index (χ3v) is 4.62. The molecule has 8 nitrogen and oxygen atoms in total. The number of hydrogen-bond donors (Lipinski definition) is 1. The van der Waals surface area contributed by atoms with Crippen LogP contribution in [0.3, 0.4) is 0 Å². The fourth-order valence-electron chi connectivity index (χ4n) is 3.00. The highest BCUT2D eigenvalue weighted by Gasteiger charge is 2.26. The Hall–Kier alpha value is -2.64. The van der Waals surface area contributed by atoms with E-state index in [1.165, 1.54) is 0 Å². The Kier molecular flexibility index (Phi) is 4.87. The summed E-state index contributed by atoms with van der Waals surface area (Å²) in [6.45, 7) is 7.74. The lowest BCUT2D eigenvalue weighted by atomic mass is 10.1. The lowest BCUT2D eigenvalue weighted by molar-refractivity contribution is -0.131. The number of H-pyrrole nitrogens is 1. The zero-order chi connectivity index (χ0) is 18.0. The van der Waals surface area contributed by atoms with Crippen LogP contribution in [0, 0.1) is 13.8 Å². The summed E-state index contributed by atoms with van der Waals surface area (Å²) in [5.74, 6) is 1.46. The van der Waals surface area contributed by atoms with Gasteiger partial charge in [-0.3, -0.25) is 9.59 Å². The minimum atomic E-state index is -0.0648. The molecule has 8 heteroatoms. The molecule has 2 amide bonds. The average molecular weight is 345 g/mol. The molecule has 0 unspecified atom stereocenters. The Morgan fingerprint density at radius 2 is 1.88 bits per heavy atom. The number of piperazine rings is 1. The summed E-state index contributed by atoms with van der Waals surface area (Å²) >= 11 is 0. The second-order valence-electron chi connectivity index (χ2n) is 6.25. The number of carbonyl (C=O) groups is 2. The number of aromatic nitrogens is 3. The highest BCUT2D eigenvalue weighted by molar-refractivity contribution is 5.92. The lowest BCUT2D eigenvalue weighted by Gasteiger charge is -2.34. The Labute approximate surface area is 146 Å². The quantitative estimate of drug-likeness (QED) is 0.895. The predicted octanol–water partition coefficient (Wildman–Crippen LogP) is 1.10. The van der Waals surface area contributed by atoms with E-state index in [-0.39, 0.29) is 18.2 Å². The van der Waals surface area contributed by atoms with Crippen LogP contribution >= 0.6 is 0 Å². The van der Waals surface area contributed by atoms with E-state index in [9.17, 15) is 9.59 Å². The Balaban J connectivity index is 1.56. The van der Waals surface area contributed by atoms with Crippen molar-refractivity contribution >= 4 is 11.8 Å². The molecular formula is C17H23N5O3. The van der Waals surface area contributed by atoms with Crippen molar-refractivity contribution in [2.75, 3.05) is 26.2 Å². The third-order valence-electron chi connectivity index (χ3n) is 4.62. The third kappa shape index (κ3) is 3.57. The first-order valence-corrected chi connectivity index (χ1v) is 8.52. The number of aryl methyl sites for hydroxylation is 3. The Bertz CT molecular complexity index is 752. The molecule has 0 spiro atoms. The number of nitrogens with one attached hydrogen (secondary N) is 1. The lowest BCUT2D eigenvalue weighted by Crippen LogP contribution is -2.51. The second kappa shape index (κ2) is 7.08. The van der Waals surface area contributed by atoms with Gasteiger partial charge in [0.25, 0.3) is 5.91 Å². The summed E-state index contributed by atoms with van der Waals surface area (Å²) in [5.41, 5.74) is 2.12. The van der Waals surface area contributed by atoms with Gasteiger partial charge in [-0.1, -0.05) is 12.1 Å². The summed E-state index contributed by atoms with van der Waals surface area (Å²) in [4.78, 5) is 35.7. The van der Waals surface area contributed by atoms with Crippen LogP contribution in [0.1, 0.15) is 40.3 Å². The molecule has 0 aromatic carbocycles. The molecule has 1 aliphatic rings. The molecule has 0 bridgehead atoms. The molecule has 134 valence electrons. The molecular weight excluding hydrogens is 322 g/mol. The molecule has 1 N–H and O–H groups in total. The van der Waals surface area contributed by atoms with E-state index < -0.39 is 0 Å². The van der Waals surface area contributed by atoms with Crippen molar-refractivity contribution in [1.29, 1.82) is 0 Å². The van der Waals surface area contributed by atoms with Crippen molar-refractivity contribution in [3.8, 4) is 0 Å². The van der Waals surface area contributed by atoms with E-state index in [1.54, 1.807) is 16.0 Å². The molecule has 3 heterocycles. The summed E-state index contributed by atoms with van der Waals surface area (Å²) < 4.78 is 5.11. The van der Waals surface area contributed by atoms with Crippen LogP contribution < -0.4 is 0 Å². The van der Waals surface area contributed by atoms with Gasteiger partial charge in [-0.05, 0) is 13.8 Å². The van der Waals surface area contributed by atoms with Gasteiger partial charge in [0, 0.05) is 38.2 Å². The van der Waals surface area contributed by atoms with Crippen molar-refractivity contribution in [3.05, 3.63) is 34.7 Å². The monoisotopic (exact) mass is 345 g/mol. The van der Waals surface area contributed by atoms with Crippen molar-refractivity contribution in [2.24, 2.45) is 0 Å². The smallest absolute Gasteiger partial charge is 0.272 e. The number of rotatable bonds is 4. The van der Waals surface area contributed by atoms with Gasteiger partial charge in [0.1, 0.15) is 17.3 Å². The van der Waals surface area contributed by atoms with Crippen molar-refractivity contribution < 1.29 is 14.1 Å². The van der Waals surface area contributed by atoms with Crippen LogP contribution in [0.25, 0.3) is 0 Å². The predicted molar refractivity (Wildman–Crippen MR) is 90.1 cm³/mol. The number of nitrogens with zero attached hydrogens (tertiary/aromatic N) is 4. The molecule has 3 rings (SSSR count). The molecule has 2 aromatic heterocycles. The first kappa shape index (κ1) is 17.2. The molecule has 0 radical (unpaired) electrons. The molecule has 1 aliphatic heterocycles. The Morgan fingerprint density at radius 1 is 1.20 bits per heavy atom. The normalized spacial score (nSPS) is 14.8. The summed E-state index contributed by atoms with van der Waals surface area (Å²) in [6.07, 6.45) is 2.63. The maximum Gasteiger partial charge on any atom is 0.272 e. The number of carbonyl (C=O) groups excluding carboxylic acids is 2. The number of imidazole rings is 1. The van der Waals surface area contributed by atoms with Gasteiger partial charge in [-0.15, -0.1) is 0 Å². The fraction of sp³-hybridized carbons (Fsp3) is 0.529. The van der Waals surface area contributed by atoms with Gasteiger partial charge in [0.05, 0.1) is 18.3 Å². The van der Waals surface area contributed by atoms with Gasteiger partial charge < -0.3 is 19.3 Å². The minimum Gasteiger partial charge on any atom is -0.361 e. The van der Waals surface area contributed by atoms with Gasteiger partial charge in [0.15, 0.2) is 0 Å². The van der Waals surface area contributed by atoms with E-state index in [4.69, 9.17) is 4.52 Å². The Morgan fingerprint density at radius 3 is 2.44 bits per heavy atom. The summed E-state index contributed by atoms with van der Waals surface area (Å²) in [6, 6.07) is 0. The van der Waals surface area contributed by atoms with Crippen molar-refractivity contribution in [3.63, 3.8) is 0 Å². The minimum absolute atomic E-state index is 0.0382. The van der Waals surface area contributed by atoms with Gasteiger partial charge >= 0.3 is 0 Å². The first-order valence-electron chi connectivity index (χ1n) is 8.52. The van der Waals surface area contributed by atoms with Gasteiger partial charge in [0.2, 0.25) is 5.91 Å². The van der Waals surface area contributed by atoms with Crippen LogP contribution in [0.5, 0.6) is 0 Å². The number of aromatic amines is 1. The standard InChI is InChI=1S/C17H23N5O3/c1-4-15-18-10-14(19-15)17(24)22-7-5-21(6-8-22)16(23)9-13-11(2)20-25-12(13)3/h10H,4-9H2,1-3H3,(H,18,19). The summed E-state index contributed by atoms with van der Waals surface area (Å²) in [5, 5.41) is 3.88. The van der Waals surface area contributed by atoms with Gasteiger partial charge in [-0.2, -0.15) is 0 Å². The molecule has 0 aliphatic carbocycles. The molecule has 0 atom stereocenters. The maximum atomic E-state index is 12.5. The first-order chi connectivity index (χ1) is 12.0. The van der Waals surface area contributed by atoms with Crippen LogP contribution in [0.15, 0.2) is 10.7 Å².